The summed E-state index contributed by atoms with van der Waals surface area (Å²) in [5.74, 6) is -0.262. The van der Waals surface area contributed by atoms with Crippen molar-refractivity contribution in [1.29, 1.82) is 0 Å². The summed E-state index contributed by atoms with van der Waals surface area (Å²) in [5, 5.41) is 2.03. The molecule has 1 aromatic carbocycles. The minimum absolute atomic E-state index is 0.262. The van der Waals surface area contributed by atoms with Crippen molar-refractivity contribution in [2.45, 2.75) is 6.54 Å². The van der Waals surface area contributed by atoms with Crippen molar-refractivity contribution in [3.05, 3.63) is 46.4 Å². The first kappa shape index (κ1) is 11.0. The van der Waals surface area contributed by atoms with E-state index < -0.39 is 0 Å². The zero-order valence-corrected chi connectivity index (χ0v) is 9.80. The van der Waals surface area contributed by atoms with E-state index in [2.05, 4.69) is 6.07 Å². The van der Waals surface area contributed by atoms with Gasteiger partial charge in [-0.3, -0.25) is 0 Å². The van der Waals surface area contributed by atoms with E-state index in [4.69, 9.17) is 5.73 Å². The van der Waals surface area contributed by atoms with Gasteiger partial charge in [-0.05, 0) is 29.6 Å². The Morgan fingerprint density at radius 2 is 2.19 bits per heavy atom. The van der Waals surface area contributed by atoms with Crippen LogP contribution in [0.15, 0.2) is 35.7 Å². The predicted octanol–water partition coefficient (Wildman–Crippen LogP) is 3.11. The molecule has 0 saturated carbocycles. The normalized spacial score (nSPS) is 10.4. The lowest BCUT2D eigenvalue weighted by molar-refractivity contribution is 0.627. The summed E-state index contributed by atoms with van der Waals surface area (Å²) in [6.07, 6.45) is 0. The van der Waals surface area contributed by atoms with Crippen LogP contribution in [0.5, 0.6) is 0 Å². The topological polar surface area (TPSA) is 29.3 Å². The molecule has 0 fully saturated rings. The highest BCUT2D eigenvalue weighted by atomic mass is 32.1. The summed E-state index contributed by atoms with van der Waals surface area (Å²) in [7, 11) is 1.91. The number of nitrogen functional groups attached to an aromatic ring is 1. The first-order valence-corrected chi connectivity index (χ1v) is 5.83. The van der Waals surface area contributed by atoms with Crippen molar-refractivity contribution in [3.8, 4) is 0 Å². The minimum Gasteiger partial charge on any atom is -0.397 e. The molecule has 0 aliphatic carbocycles. The van der Waals surface area contributed by atoms with Gasteiger partial charge in [0.2, 0.25) is 0 Å². The monoisotopic (exact) mass is 236 g/mol. The Morgan fingerprint density at radius 3 is 2.88 bits per heavy atom. The SMILES string of the molecule is CN(Cc1cccs1)c1cc(F)ccc1N. The van der Waals surface area contributed by atoms with Gasteiger partial charge < -0.3 is 10.6 Å². The first-order valence-electron chi connectivity index (χ1n) is 4.95. The molecule has 2 aromatic rings. The molecule has 16 heavy (non-hydrogen) atoms. The van der Waals surface area contributed by atoms with Crippen LogP contribution in [0.3, 0.4) is 0 Å². The molecule has 0 aliphatic rings. The van der Waals surface area contributed by atoms with Crippen molar-refractivity contribution in [3.63, 3.8) is 0 Å². The molecule has 0 spiro atoms. The van der Waals surface area contributed by atoms with Crippen LogP contribution in [0.1, 0.15) is 4.88 Å². The molecule has 84 valence electrons. The van der Waals surface area contributed by atoms with E-state index in [-0.39, 0.29) is 5.82 Å². The number of hydrogen-bond acceptors (Lipinski definition) is 3. The fourth-order valence-electron chi connectivity index (χ4n) is 1.57. The number of nitrogens with two attached hydrogens (primary N) is 1. The van der Waals surface area contributed by atoms with Crippen LogP contribution in [0.25, 0.3) is 0 Å². The van der Waals surface area contributed by atoms with Crippen LogP contribution in [-0.2, 0) is 6.54 Å². The standard InChI is InChI=1S/C12H13FN2S/c1-15(8-10-3-2-6-16-10)12-7-9(13)4-5-11(12)14/h2-7H,8,14H2,1H3. The fraction of sp³-hybridized carbons (Fsp3) is 0.167. The molecular weight excluding hydrogens is 223 g/mol. The van der Waals surface area contributed by atoms with E-state index in [0.717, 1.165) is 12.2 Å². The van der Waals surface area contributed by atoms with Crippen molar-refractivity contribution >= 4 is 22.7 Å². The average Bonchev–Trinajstić information content (AvgIpc) is 2.74. The molecule has 0 atom stereocenters. The Kier molecular flexibility index (Phi) is 3.10. The maximum Gasteiger partial charge on any atom is 0.125 e. The van der Waals surface area contributed by atoms with Gasteiger partial charge in [0.25, 0.3) is 0 Å². The number of hydrogen-bond donors (Lipinski definition) is 1. The summed E-state index contributed by atoms with van der Waals surface area (Å²) in [6, 6.07) is 8.48. The van der Waals surface area contributed by atoms with E-state index in [1.807, 2.05) is 23.4 Å². The molecule has 2 N–H and O–H groups in total. The molecule has 2 rings (SSSR count). The lowest BCUT2D eigenvalue weighted by atomic mass is 10.2. The summed E-state index contributed by atoms with van der Waals surface area (Å²) in [6.45, 7) is 0.741. The molecule has 1 aromatic heterocycles. The Hall–Kier alpha value is -1.55. The molecule has 1 heterocycles. The molecule has 0 unspecified atom stereocenters. The van der Waals surface area contributed by atoms with Crippen LogP contribution < -0.4 is 10.6 Å². The Bertz CT molecular complexity index is 468. The van der Waals surface area contributed by atoms with Crippen molar-refractivity contribution in [1.82, 2.24) is 0 Å². The Labute approximate surface area is 98.1 Å². The number of anilines is 2. The van der Waals surface area contributed by atoms with Gasteiger partial charge in [0.15, 0.2) is 0 Å². The van der Waals surface area contributed by atoms with E-state index >= 15 is 0 Å². The van der Waals surface area contributed by atoms with Crippen molar-refractivity contribution in [2.75, 3.05) is 17.7 Å². The van der Waals surface area contributed by atoms with Crippen molar-refractivity contribution < 1.29 is 4.39 Å². The van der Waals surface area contributed by atoms with Crippen LogP contribution in [-0.4, -0.2) is 7.05 Å². The smallest absolute Gasteiger partial charge is 0.125 e. The number of benzene rings is 1. The minimum atomic E-state index is -0.262. The second-order valence-corrected chi connectivity index (χ2v) is 4.67. The second kappa shape index (κ2) is 4.53. The van der Waals surface area contributed by atoms with Gasteiger partial charge in [0.1, 0.15) is 5.82 Å². The molecule has 0 bridgehead atoms. The maximum atomic E-state index is 13.1. The third kappa shape index (κ3) is 2.33. The molecule has 0 saturated heterocycles. The van der Waals surface area contributed by atoms with E-state index in [9.17, 15) is 4.39 Å². The van der Waals surface area contributed by atoms with Crippen LogP contribution in [0.4, 0.5) is 15.8 Å². The number of thiophene rings is 1. The summed E-state index contributed by atoms with van der Waals surface area (Å²) >= 11 is 1.68. The number of nitrogens with zero attached hydrogens (tertiary/aromatic N) is 1. The Morgan fingerprint density at radius 1 is 1.38 bits per heavy atom. The van der Waals surface area contributed by atoms with E-state index in [0.29, 0.717) is 5.69 Å². The quantitative estimate of drug-likeness (QED) is 0.830. The van der Waals surface area contributed by atoms with Crippen LogP contribution >= 0.6 is 11.3 Å². The lowest BCUT2D eigenvalue weighted by Gasteiger charge is -2.20. The fourth-order valence-corrected chi connectivity index (χ4v) is 2.33. The lowest BCUT2D eigenvalue weighted by Crippen LogP contribution is -2.17. The molecule has 2 nitrogen and oxygen atoms in total. The van der Waals surface area contributed by atoms with Crippen LogP contribution in [0.2, 0.25) is 0 Å². The number of halogens is 1. The zero-order chi connectivity index (χ0) is 11.5. The first-order chi connectivity index (χ1) is 7.66. The summed E-state index contributed by atoms with van der Waals surface area (Å²) in [4.78, 5) is 3.18. The van der Waals surface area contributed by atoms with Crippen LogP contribution in [0, 0.1) is 5.82 Å². The average molecular weight is 236 g/mol. The summed E-state index contributed by atoms with van der Waals surface area (Å²) < 4.78 is 13.1. The molecule has 0 radical (unpaired) electrons. The molecule has 0 aliphatic heterocycles. The summed E-state index contributed by atoms with van der Waals surface area (Å²) in [5.41, 5.74) is 7.14. The molecule has 0 amide bonds. The highest BCUT2D eigenvalue weighted by Gasteiger charge is 2.07. The van der Waals surface area contributed by atoms with Gasteiger partial charge in [0, 0.05) is 11.9 Å². The Balaban J connectivity index is 2.20. The second-order valence-electron chi connectivity index (χ2n) is 3.64. The highest BCUT2D eigenvalue weighted by Crippen LogP contribution is 2.25. The largest absolute Gasteiger partial charge is 0.397 e. The van der Waals surface area contributed by atoms with Crippen molar-refractivity contribution in [2.24, 2.45) is 0 Å². The third-order valence-electron chi connectivity index (χ3n) is 2.38. The van der Waals surface area contributed by atoms with Gasteiger partial charge in [-0.25, -0.2) is 4.39 Å². The highest BCUT2D eigenvalue weighted by molar-refractivity contribution is 7.09. The van der Waals surface area contributed by atoms with Gasteiger partial charge >= 0.3 is 0 Å². The van der Waals surface area contributed by atoms with Gasteiger partial charge in [0.05, 0.1) is 17.9 Å². The van der Waals surface area contributed by atoms with Gasteiger partial charge in [-0.2, -0.15) is 0 Å². The predicted molar refractivity (Wildman–Crippen MR) is 67.2 cm³/mol. The molecule has 4 heteroatoms. The van der Waals surface area contributed by atoms with Gasteiger partial charge in [-0.1, -0.05) is 6.07 Å². The molecular formula is C12H13FN2S. The maximum absolute atomic E-state index is 13.1. The van der Waals surface area contributed by atoms with E-state index in [1.54, 1.807) is 17.4 Å². The van der Waals surface area contributed by atoms with Gasteiger partial charge in [-0.15, -0.1) is 11.3 Å². The zero-order valence-electron chi connectivity index (χ0n) is 8.98. The third-order valence-corrected chi connectivity index (χ3v) is 3.24. The van der Waals surface area contributed by atoms with E-state index in [1.165, 1.54) is 17.0 Å². The number of rotatable bonds is 3.